The molecular weight excluding hydrogens is 208 g/mol. The van der Waals surface area contributed by atoms with Crippen molar-refractivity contribution in [3.8, 4) is 0 Å². The Labute approximate surface area is 94.9 Å². The molecule has 1 aliphatic rings. The SMILES string of the molecule is CCn1cc(C(O)C2CCCCS2)cn1. The second-order valence-electron chi connectivity index (χ2n) is 3.98. The maximum absolute atomic E-state index is 10.2. The molecule has 2 atom stereocenters. The molecule has 0 spiro atoms. The van der Waals surface area contributed by atoms with Gasteiger partial charge in [-0.1, -0.05) is 6.42 Å². The first-order valence-corrected chi connectivity index (χ1v) is 6.68. The molecule has 2 rings (SSSR count). The summed E-state index contributed by atoms with van der Waals surface area (Å²) in [5.41, 5.74) is 0.969. The van der Waals surface area contributed by atoms with Crippen LogP contribution in [0, 0.1) is 0 Å². The van der Waals surface area contributed by atoms with Gasteiger partial charge >= 0.3 is 0 Å². The molecule has 15 heavy (non-hydrogen) atoms. The van der Waals surface area contributed by atoms with Gasteiger partial charge in [-0.15, -0.1) is 0 Å². The first-order valence-electron chi connectivity index (χ1n) is 5.63. The van der Waals surface area contributed by atoms with Crippen LogP contribution in [0.1, 0.15) is 37.9 Å². The van der Waals surface area contributed by atoms with Crippen molar-refractivity contribution in [3.05, 3.63) is 18.0 Å². The van der Waals surface area contributed by atoms with E-state index < -0.39 is 0 Å². The molecule has 3 nitrogen and oxygen atoms in total. The highest BCUT2D eigenvalue weighted by Crippen LogP contribution is 2.34. The highest BCUT2D eigenvalue weighted by molar-refractivity contribution is 7.99. The lowest BCUT2D eigenvalue weighted by atomic mass is 10.1. The summed E-state index contributed by atoms with van der Waals surface area (Å²) in [6.07, 6.45) is 7.08. The highest BCUT2D eigenvalue weighted by atomic mass is 32.2. The van der Waals surface area contributed by atoms with E-state index in [2.05, 4.69) is 12.0 Å². The van der Waals surface area contributed by atoms with Crippen molar-refractivity contribution in [1.82, 2.24) is 9.78 Å². The van der Waals surface area contributed by atoms with Crippen molar-refractivity contribution in [2.45, 2.75) is 44.1 Å². The van der Waals surface area contributed by atoms with Gasteiger partial charge in [0, 0.05) is 23.6 Å². The molecule has 4 heteroatoms. The van der Waals surface area contributed by atoms with E-state index in [1.54, 1.807) is 6.20 Å². The summed E-state index contributed by atoms with van der Waals surface area (Å²) < 4.78 is 1.87. The number of aliphatic hydroxyl groups excluding tert-OH is 1. The van der Waals surface area contributed by atoms with Crippen molar-refractivity contribution in [1.29, 1.82) is 0 Å². The van der Waals surface area contributed by atoms with Gasteiger partial charge in [-0.3, -0.25) is 4.68 Å². The number of aryl methyl sites for hydroxylation is 1. The Balaban J connectivity index is 2.02. The zero-order chi connectivity index (χ0) is 10.7. The average molecular weight is 226 g/mol. The number of rotatable bonds is 3. The number of hydrogen-bond donors (Lipinski definition) is 1. The van der Waals surface area contributed by atoms with E-state index in [-0.39, 0.29) is 6.10 Å². The minimum atomic E-state index is -0.337. The molecule has 1 saturated heterocycles. The molecule has 0 aliphatic carbocycles. The maximum Gasteiger partial charge on any atom is 0.0938 e. The molecule has 84 valence electrons. The van der Waals surface area contributed by atoms with Crippen LogP contribution < -0.4 is 0 Å². The first-order chi connectivity index (χ1) is 7.31. The van der Waals surface area contributed by atoms with Gasteiger partial charge < -0.3 is 5.11 Å². The van der Waals surface area contributed by atoms with Crippen molar-refractivity contribution >= 4 is 11.8 Å². The summed E-state index contributed by atoms with van der Waals surface area (Å²) >= 11 is 1.90. The Kier molecular flexibility index (Phi) is 3.70. The van der Waals surface area contributed by atoms with E-state index in [0.717, 1.165) is 18.5 Å². The number of thioether (sulfide) groups is 1. The predicted molar refractivity (Wildman–Crippen MR) is 63.0 cm³/mol. The minimum absolute atomic E-state index is 0.337. The topological polar surface area (TPSA) is 38.0 Å². The van der Waals surface area contributed by atoms with Gasteiger partial charge in [0.25, 0.3) is 0 Å². The van der Waals surface area contributed by atoms with Gasteiger partial charge in [-0.05, 0) is 25.5 Å². The second-order valence-corrected chi connectivity index (χ2v) is 5.33. The standard InChI is InChI=1S/C11H18N2OS/c1-2-13-8-9(7-12-13)11(14)10-5-3-4-6-15-10/h7-8,10-11,14H,2-6H2,1H3. The fourth-order valence-corrected chi connectivity index (χ4v) is 3.28. The van der Waals surface area contributed by atoms with Crippen LogP contribution in [0.15, 0.2) is 12.4 Å². The molecule has 1 fully saturated rings. The van der Waals surface area contributed by atoms with Gasteiger partial charge in [0.15, 0.2) is 0 Å². The third-order valence-electron chi connectivity index (χ3n) is 2.89. The lowest BCUT2D eigenvalue weighted by Crippen LogP contribution is -2.18. The molecule has 0 saturated carbocycles. The second kappa shape index (κ2) is 5.03. The number of aromatic nitrogens is 2. The molecule has 1 aromatic heterocycles. The predicted octanol–water partition coefficient (Wildman–Crippen LogP) is 2.22. The zero-order valence-corrected chi connectivity index (χ0v) is 9.91. The maximum atomic E-state index is 10.2. The Morgan fingerprint density at radius 1 is 1.67 bits per heavy atom. The first kappa shape index (κ1) is 11.0. The quantitative estimate of drug-likeness (QED) is 0.859. The Bertz CT molecular complexity index is 307. The van der Waals surface area contributed by atoms with Crippen molar-refractivity contribution in [2.75, 3.05) is 5.75 Å². The zero-order valence-electron chi connectivity index (χ0n) is 9.09. The van der Waals surface area contributed by atoms with Gasteiger partial charge in [0.05, 0.1) is 12.3 Å². The molecule has 0 aromatic carbocycles. The molecule has 2 heterocycles. The summed E-state index contributed by atoms with van der Waals surface area (Å²) in [6, 6.07) is 0. The van der Waals surface area contributed by atoms with Crippen LogP contribution in [0.4, 0.5) is 0 Å². The summed E-state index contributed by atoms with van der Waals surface area (Å²) in [5.74, 6) is 1.18. The Hall–Kier alpha value is -0.480. The molecule has 0 bridgehead atoms. The van der Waals surface area contributed by atoms with E-state index in [4.69, 9.17) is 0 Å². The van der Waals surface area contributed by atoms with Crippen LogP contribution in [0.2, 0.25) is 0 Å². The number of nitrogens with zero attached hydrogens (tertiary/aromatic N) is 2. The number of hydrogen-bond acceptors (Lipinski definition) is 3. The number of aliphatic hydroxyl groups is 1. The van der Waals surface area contributed by atoms with E-state index in [1.807, 2.05) is 22.6 Å². The summed E-state index contributed by atoms with van der Waals surface area (Å²) in [7, 11) is 0. The van der Waals surface area contributed by atoms with Gasteiger partial charge in [0.1, 0.15) is 0 Å². The van der Waals surface area contributed by atoms with E-state index in [0.29, 0.717) is 5.25 Å². The normalized spacial score (nSPS) is 24.0. The van der Waals surface area contributed by atoms with Gasteiger partial charge in [-0.25, -0.2) is 0 Å². The third kappa shape index (κ3) is 2.55. The largest absolute Gasteiger partial charge is 0.387 e. The Morgan fingerprint density at radius 3 is 3.13 bits per heavy atom. The lowest BCUT2D eigenvalue weighted by molar-refractivity contribution is 0.168. The van der Waals surface area contributed by atoms with Crippen molar-refractivity contribution in [2.24, 2.45) is 0 Å². The summed E-state index contributed by atoms with van der Waals surface area (Å²) in [5, 5.41) is 14.7. The summed E-state index contributed by atoms with van der Waals surface area (Å²) in [4.78, 5) is 0. The van der Waals surface area contributed by atoms with Crippen LogP contribution in [0.25, 0.3) is 0 Å². The summed E-state index contributed by atoms with van der Waals surface area (Å²) in [6.45, 7) is 2.92. The molecular formula is C11H18N2OS. The van der Waals surface area contributed by atoms with E-state index >= 15 is 0 Å². The minimum Gasteiger partial charge on any atom is -0.387 e. The van der Waals surface area contributed by atoms with Crippen molar-refractivity contribution < 1.29 is 5.11 Å². The van der Waals surface area contributed by atoms with Crippen LogP contribution in [0.3, 0.4) is 0 Å². The smallest absolute Gasteiger partial charge is 0.0938 e. The highest BCUT2D eigenvalue weighted by Gasteiger charge is 2.24. The van der Waals surface area contributed by atoms with E-state index in [1.165, 1.54) is 18.6 Å². The Morgan fingerprint density at radius 2 is 2.53 bits per heavy atom. The van der Waals surface area contributed by atoms with Crippen molar-refractivity contribution in [3.63, 3.8) is 0 Å². The molecule has 0 amide bonds. The molecule has 1 aliphatic heterocycles. The van der Waals surface area contributed by atoms with Crippen LogP contribution >= 0.6 is 11.8 Å². The van der Waals surface area contributed by atoms with Gasteiger partial charge in [-0.2, -0.15) is 16.9 Å². The van der Waals surface area contributed by atoms with Crippen LogP contribution in [-0.2, 0) is 6.54 Å². The molecule has 1 aromatic rings. The average Bonchev–Trinajstić information content (AvgIpc) is 2.78. The monoisotopic (exact) mass is 226 g/mol. The van der Waals surface area contributed by atoms with Gasteiger partial charge in [0.2, 0.25) is 0 Å². The molecule has 2 unspecified atom stereocenters. The molecule has 0 radical (unpaired) electrons. The fraction of sp³-hybridized carbons (Fsp3) is 0.727. The fourth-order valence-electron chi connectivity index (χ4n) is 1.93. The van der Waals surface area contributed by atoms with Crippen LogP contribution in [-0.4, -0.2) is 25.9 Å². The third-order valence-corrected chi connectivity index (χ3v) is 4.33. The van der Waals surface area contributed by atoms with Crippen LogP contribution in [0.5, 0.6) is 0 Å². The van der Waals surface area contributed by atoms with E-state index in [9.17, 15) is 5.11 Å². The lowest BCUT2D eigenvalue weighted by Gasteiger charge is -2.25. The molecule has 1 N–H and O–H groups in total.